The van der Waals surface area contributed by atoms with Crippen LogP contribution in [0.2, 0.25) is 0 Å². The fourth-order valence-corrected chi connectivity index (χ4v) is 1.65. The quantitative estimate of drug-likeness (QED) is 0.754. The number of carbonyl (C=O) groups excluding carboxylic acids is 2. The number of aromatic nitrogens is 1. The molecular formula is C13H17N3O4. The molecule has 20 heavy (non-hydrogen) atoms. The minimum absolute atomic E-state index is 0.176. The first-order valence-electron chi connectivity index (χ1n) is 6.22. The van der Waals surface area contributed by atoms with Crippen LogP contribution in [0.5, 0.6) is 0 Å². The van der Waals surface area contributed by atoms with E-state index in [0.717, 1.165) is 12.8 Å². The van der Waals surface area contributed by atoms with Gasteiger partial charge in [-0.25, -0.2) is 9.78 Å². The highest BCUT2D eigenvalue weighted by Crippen LogP contribution is 2.08. The number of aromatic carboxylic acids is 1. The van der Waals surface area contributed by atoms with E-state index in [0.29, 0.717) is 6.54 Å². The van der Waals surface area contributed by atoms with Gasteiger partial charge in [0.15, 0.2) is 0 Å². The first-order chi connectivity index (χ1) is 9.45. The minimum Gasteiger partial charge on any atom is -0.477 e. The second-order valence-electron chi connectivity index (χ2n) is 4.28. The van der Waals surface area contributed by atoms with Crippen LogP contribution in [0.25, 0.3) is 0 Å². The summed E-state index contributed by atoms with van der Waals surface area (Å²) in [6, 6.07) is 2.60. The molecule has 3 N–H and O–H groups in total. The third-order valence-electron chi connectivity index (χ3n) is 2.64. The zero-order valence-electron chi connectivity index (χ0n) is 11.2. The standard InChI is InChI=1S/C13H17N3O4/c1-2-3-6-16(8-11(14)17)12(18)9-4-5-15-10(7-9)13(19)20/h4-5,7H,2-3,6,8H2,1H3,(H2,14,17)(H,19,20). The van der Waals surface area contributed by atoms with Gasteiger partial charge in [0.05, 0.1) is 6.54 Å². The van der Waals surface area contributed by atoms with Gasteiger partial charge in [0.2, 0.25) is 5.91 Å². The molecule has 1 aromatic rings. The third-order valence-corrected chi connectivity index (χ3v) is 2.64. The molecule has 108 valence electrons. The Balaban J connectivity index is 2.95. The van der Waals surface area contributed by atoms with E-state index in [1.807, 2.05) is 6.92 Å². The first-order valence-corrected chi connectivity index (χ1v) is 6.22. The number of hydrogen-bond acceptors (Lipinski definition) is 4. The van der Waals surface area contributed by atoms with E-state index in [1.54, 1.807) is 0 Å². The van der Waals surface area contributed by atoms with Crippen molar-refractivity contribution in [3.63, 3.8) is 0 Å². The average Bonchev–Trinajstić information content (AvgIpc) is 2.42. The number of hydrogen-bond donors (Lipinski definition) is 2. The Labute approximate surface area is 116 Å². The monoisotopic (exact) mass is 279 g/mol. The normalized spacial score (nSPS) is 10.1. The van der Waals surface area contributed by atoms with Crippen molar-refractivity contribution >= 4 is 17.8 Å². The van der Waals surface area contributed by atoms with Crippen molar-refractivity contribution in [3.8, 4) is 0 Å². The molecule has 0 fully saturated rings. The molecular weight excluding hydrogens is 262 g/mol. The highest BCUT2D eigenvalue weighted by Gasteiger charge is 2.18. The second kappa shape index (κ2) is 7.22. The number of rotatable bonds is 7. The molecule has 1 aromatic heterocycles. The van der Waals surface area contributed by atoms with Crippen molar-refractivity contribution in [2.75, 3.05) is 13.1 Å². The molecule has 7 nitrogen and oxygen atoms in total. The molecule has 0 saturated heterocycles. The van der Waals surface area contributed by atoms with Gasteiger partial charge in [-0.3, -0.25) is 9.59 Å². The second-order valence-corrected chi connectivity index (χ2v) is 4.28. The van der Waals surface area contributed by atoms with E-state index < -0.39 is 17.8 Å². The van der Waals surface area contributed by atoms with Crippen LogP contribution in [-0.4, -0.2) is 45.9 Å². The van der Waals surface area contributed by atoms with E-state index in [4.69, 9.17) is 10.8 Å². The number of pyridine rings is 1. The molecule has 0 aliphatic heterocycles. The Morgan fingerprint density at radius 2 is 2.10 bits per heavy atom. The number of carbonyl (C=O) groups is 3. The molecule has 1 heterocycles. The zero-order valence-corrected chi connectivity index (χ0v) is 11.2. The molecule has 1 rings (SSSR count). The molecule has 0 bridgehead atoms. The van der Waals surface area contributed by atoms with E-state index in [2.05, 4.69) is 4.98 Å². The van der Waals surface area contributed by atoms with E-state index >= 15 is 0 Å². The number of carboxylic acids is 1. The number of nitrogens with zero attached hydrogens (tertiary/aromatic N) is 2. The fraction of sp³-hybridized carbons (Fsp3) is 0.385. The van der Waals surface area contributed by atoms with Gasteiger partial charge in [-0.1, -0.05) is 13.3 Å². The topological polar surface area (TPSA) is 114 Å². The minimum atomic E-state index is -1.21. The predicted octanol–water partition coefficient (Wildman–Crippen LogP) is 0.507. The predicted molar refractivity (Wildman–Crippen MR) is 71.2 cm³/mol. The van der Waals surface area contributed by atoms with Crippen molar-refractivity contribution in [1.82, 2.24) is 9.88 Å². The molecule has 2 amide bonds. The maximum Gasteiger partial charge on any atom is 0.354 e. The summed E-state index contributed by atoms with van der Waals surface area (Å²) in [7, 11) is 0. The summed E-state index contributed by atoms with van der Waals surface area (Å²) in [5.74, 6) is -2.25. The fourth-order valence-electron chi connectivity index (χ4n) is 1.65. The molecule has 0 spiro atoms. The molecule has 7 heteroatoms. The summed E-state index contributed by atoms with van der Waals surface area (Å²) < 4.78 is 0. The van der Waals surface area contributed by atoms with E-state index in [9.17, 15) is 14.4 Å². The van der Waals surface area contributed by atoms with Crippen molar-refractivity contribution in [2.24, 2.45) is 5.73 Å². The molecule has 0 atom stereocenters. The van der Waals surface area contributed by atoms with Crippen molar-refractivity contribution in [2.45, 2.75) is 19.8 Å². The van der Waals surface area contributed by atoms with Crippen LogP contribution in [-0.2, 0) is 4.79 Å². The molecule has 0 unspecified atom stereocenters. The Morgan fingerprint density at radius 3 is 2.65 bits per heavy atom. The van der Waals surface area contributed by atoms with Gasteiger partial charge < -0.3 is 15.7 Å². The summed E-state index contributed by atoms with van der Waals surface area (Å²) >= 11 is 0. The molecule has 0 radical (unpaired) electrons. The summed E-state index contributed by atoms with van der Waals surface area (Å²) in [6.45, 7) is 2.16. The summed E-state index contributed by atoms with van der Waals surface area (Å²) in [6.07, 6.45) is 2.84. The van der Waals surface area contributed by atoms with Gasteiger partial charge in [-0.05, 0) is 18.6 Å². The van der Waals surface area contributed by atoms with Crippen LogP contribution >= 0.6 is 0 Å². The Kier molecular flexibility index (Phi) is 5.64. The number of amides is 2. The third kappa shape index (κ3) is 4.34. The van der Waals surface area contributed by atoms with Crippen LogP contribution in [0.3, 0.4) is 0 Å². The lowest BCUT2D eigenvalue weighted by atomic mass is 10.2. The van der Waals surface area contributed by atoms with E-state index in [1.165, 1.54) is 23.2 Å². The molecule has 0 saturated carbocycles. The lowest BCUT2D eigenvalue weighted by Crippen LogP contribution is -2.39. The van der Waals surface area contributed by atoms with Crippen LogP contribution in [0, 0.1) is 0 Å². The maximum absolute atomic E-state index is 12.3. The molecule has 0 aliphatic carbocycles. The number of nitrogens with two attached hydrogens (primary N) is 1. The van der Waals surface area contributed by atoms with Crippen molar-refractivity contribution in [3.05, 3.63) is 29.6 Å². The molecule has 0 aromatic carbocycles. The number of carboxylic acid groups (broad SMARTS) is 1. The van der Waals surface area contributed by atoms with Gasteiger partial charge in [0, 0.05) is 18.3 Å². The number of unbranched alkanes of at least 4 members (excludes halogenated alkanes) is 1. The summed E-state index contributed by atoms with van der Waals surface area (Å²) in [5, 5.41) is 8.85. The SMILES string of the molecule is CCCCN(CC(N)=O)C(=O)c1ccnc(C(=O)O)c1. The highest BCUT2D eigenvalue weighted by molar-refractivity contribution is 5.98. The largest absolute Gasteiger partial charge is 0.477 e. The highest BCUT2D eigenvalue weighted by atomic mass is 16.4. The smallest absolute Gasteiger partial charge is 0.354 e. The summed E-state index contributed by atoms with van der Waals surface area (Å²) in [4.78, 5) is 39.1. The Morgan fingerprint density at radius 1 is 1.40 bits per heavy atom. The Hall–Kier alpha value is -2.44. The van der Waals surface area contributed by atoms with Crippen LogP contribution in [0.15, 0.2) is 18.3 Å². The lowest BCUT2D eigenvalue weighted by Gasteiger charge is -2.21. The summed E-state index contributed by atoms with van der Waals surface area (Å²) in [5.41, 5.74) is 5.08. The van der Waals surface area contributed by atoms with Crippen LogP contribution < -0.4 is 5.73 Å². The van der Waals surface area contributed by atoms with Crippen LogP contribution in [0.4, 0.5) is 0 Å². The number of primary amides is 1. The zero-order chi connectivity index (χ0) is 15.1. The van der Waals surface area contributed by atoms with Gasteiger partial charge in [0.25, 0.3) is 5.91 Å². The van der Waals surface area contributed by atoms with Crippen LogP contribution in [0.1, 0.15) is 40.6 Å². The molecule has 0 aliphatic rings. The van der Waals surface area contributed by atoms with Gasteiger partial charge in [-0.2, -0.15) is 0 Å². The lowest BCUT2D eigenvalue weighted by molar-refractivity contribution is -0.118. The van der Waals surface area contributed by atoms with Gasteiger partial charge >= 0.3 is 5.97 Å². The van der Waals surface area contributed by atoms with Gasteiger partial charge in [0.1, 0.15) is 5.69 Å². The van der Waals surface area contributed by atoms with Gasteiger partial charge in [-0.15, -0.1) is 0 Å². The Bertz CT molecular complexity index is 516. The van der Waals surface area contributed by atoms with E-state index in [-0.39, 0.29) is 17.8 Å². The van der Waals surface area contributed by atoms with Crippen molar-refractivity contribution < 1.29 is 19.5 Å². The van der Waals surface area contributed by atoms with Crippen molar-refractivity contribution in [1.29, 1.82) is 0 Å². The average molecular weight is 279 g/mol. The maximum atomic E-state index is 12.3. The first kappa shape index (κ1) is 15.6.